The third-order valence-electron chi connectivity index (χ3n) is 9.16. The van der Waals surface area contributed by atoms with Gasteiger partial charge in [0.05, 0.1) is 28.8 Å². The molecule has 2 aromatic carbocycles. The highest BCUT2D eigenvalue weighted by atomic mass is 35.5. The van der Waals surface area contributed by atoms with Crippen LogP contribution >= 0.6 is 11.6 Å². The topological polar surface area (TPSA) is 120 Å². The highest BCUT2D eigenvalue weighted by molar-refractivity contribution is 6.30. The molecule has 47 heavy (non-hydrogen) atoms. The van der Waals surface area contributed by atoms with E-state index in [1.165, 1.54) is 18.3 Å². The molecule has 0 bridgehead atoms. The first-order valence-electron chi connectivity index (χ1n) is 15.1. The number of hydrogen-bond donors (Lipinski definition) is 2. The zero-order valence-corrected chi connectivity index (χ0v) is 25.9. The van der Waals surface area contributed by atoms with Crippen molar-refractivity contribution in [2.45, 2.75) is 63.1 Å². The lowest BCUT2D eigenvalue weighted by Gasteiger charge is -2.36. The minimum Gasteiger partial charge on any atom is -0.444 e. The fourth-order valence-corrected chi connectivity index (χ4v) is 6.60. The van der Waals surface area contributed by atoms with Crippen LogP contribution in [0.25, 0.3) is 11.4 Å². The van der Waals surface area contributed by atoms with Crippen molar-refractivity contribution in [3.8, 4) is 29.0 Å². The van der Waals surface area contributed by atoms with Crippen molar-refractivity contribution >= 4 is 11.6 Å². The number of piperidine rings is 1. The Morgan fingerprint density at radius 1 is 1.19 bits per heavy atom. The molecule has 14 heteroatoms. The number of nitriles is 1. The maximum absolute atomic E-state index is 14.8. The van der Waals surface area contributed by atoms with Crippen LogP contribution in [-0.2, 0) is 24.9 Å². The van der Waals surface area contributed by atoms with Gasteiger partial charge < -0.3 is 14.6 Å². The molecule has 3 atom stereocenters. The number of alkyl halides is 3. The molecule has 7 rings (SSSR count). The van der Waals surface area contributed by atoms with Gasteiger partial charge in [-0.05, 0) is 68.1 Å². The summed E-state index contributed by atoms with van der Waals surface area (Å²) in [5.41, 5.74) is 2.14. The number of fused-ring (bicyclic) bond motifs is 1. The summed E-state index contributed by atoms with van der Waals surface area (Å²) >= 11 is 5.95. The largest absolute Gasteiger partial charge is 0.451 e. The molecule has 2 N–H and O–H groups in total. The summed E-state index contributed by atoms with van der Waals surface area (Å²) in [7, 11) is 0. The summed E-state index contributed by atoms with van der Waals surface area (Å²) in [6.45, 7) is 2.90. The second kappa shape index (κ2) is 11.5. The van der Waals surface area contributed by atoms with Crippen LogP contribution in [0.2, 0.25) is 5.02 Å². The quantitative estimate of drug-likeness (QED) is 0.214. The Hall–Kier alpha value is -4.25. The minimum absolute atomic E-state index is 0.132. The first kappa shape index (κ1) is 31.4. The number of para-hydroxylation sites is 1. The van der Waals surface area contributed by atoms with Gasteiger partial charge in [0.15, 0.2) is 17.3 Å². The van der Waals surface area contributed by atoms with Gasteiger partial charge in [0, 0.05) is 48.3 Å². The number of nitrogens with zero attached hydrogens (tertiary/aromatic N) is 5. The van der Waals surface area contributed by atoms with E-state index in [0.29, 0.717) is 55.2 Å². The van der Waals surface area contributed by atoms with Crippen molar-refractivity contribution < 1.29 is 32.1 Å². The average Bonchev–Trinajstić information content (AvgIpc) is 3.42. The molecule has 2 fully saturated rings. The fraction of sp³-hybridized carbons (Fsp3) is 0.394. The number of benzene rings is 2. The molecule has 1 unspecified atom stereocenters. The second-order valence-electron chi connectivity index (χ2n) is 12.6. The van der Waals surface area contributed by atoms with Gasteiger partial charge in [-0.15, -0.1) is 0 Å². The molecule has 4 heterocycles. The van der Waals surface area contributed by atoms with Crippen molar-refractivity contribution in [3.63, 3.8) is 0 Å². The van der Waals surface area contributed by atoms with E-state index in [9.17, 15) is 27.9 Å². The van der Waals surface area contributed by atoms with Crippen LogP contribution in [0.4, 0.5) is 17.6 Å². The van der Waals surface area contributed by atoms with Gasteiger partial charge >= 0.3 is 6.18 Å². The lowest BCUT2D eigenvalue weighted by atomic mass is 9.86. The Bertz CT molecular complexity index is 1890. The molecule has 0 amide bonds. The Morgan fingerprint density at radius 2 is 2.00 bits per heavy atom. The normalized spacial score (nSPS) is 23.4. The molecular weight excluding hydrogens is 640 g/mol. The first-order chi connectivity index (χ1) is 22.4. The van der Waals surface area contributed by atoms with E-state index in [4.69, 9.17) is 21.1 Å². The molecule has 244 valence electrons. The second-order valence-corrected chi connectivity index (χ2v) is 13.0. The number of likely N-dealkylation sites (tertiary alicyclic amines) is 1. The van der Waals surface area contributed by atoms with Crippen LogP contribution in [-0.4, -0.2) is 49.4 Å². The molecule has 1 aliphatic carbocycles. The number of rotatable bonds is 7. The maximum Gasteiger partial charge on any atom is 0.451 e. The highest BCUT2D eigenvalue weighted by Gasteiger charge is 2.45. The molecule has 2 aliphatic heterocycles. The maximum atomic E-state index is 14.8. The van der Waals surface area contributed by atoms with E-state index in [-0.39, 0.29) is 22.3 Å². The SMILES string of the molecule is C[C@@]1(c2ccc(Cl)cc2F)Oc2cccc(C3CCN(Cc4ncc(-c5n[nH]c(C(F)(F)F)n5)cc4CC4(C#N)CC4)C[C@H]3O)c2O1. The Morgan fingerprint density at radius 3 is 2.68 bits per heavy atom. The summed E-state index contributed by atoms with van der Waals surface area (Å²) in [6, 6.07) is 13.8. The predicted octanol–water partition coefficient (Wildman–Crippen LogP) is 6.52. The standard InChI is InChI=1S/C33H29ClF4N6O3/c1-31(23-6-5-20(34)12-24(23)35)46-27-4-2-3-22(28(27)47-31)21-7-10-44(16-26(21)45)15-25-18(13-32(17-39)8-9-32)11-19(14-40-25)29-41-30(43-42-29)33(36,37)38/h2-6,11-12,14,21,26,45H,7-10,13,15-16H2,1H3,(H,41,42,43)/t21?,26-,31-/m1/s1. The van der Waals surface area contributed by atoms with E-state index in [1.807, 2.05) is 17.2 Å². The summed E-state index contributed by atoms with van der Waals surface area (Å²) in [4.78, 5) is 10.2. The highest BCUT2D eigenvalue weighted by Crippen LogP contribution is 2.50. The molecule has 1 saturated carbocycles. The number of ether oxygens (including phenoxy) is 2. The number of H-pyrrole nitrogens is 1. The molecule has 3 aliphatic rings. The van der Waals surface area contributed by atoms with E-state index < -0.39 is 35.1 Å². The van der Waals surface area contributed by atoms with Gasteiger partial charge in [-0.1, -0.05) is 23.7 Å². The van der Waals surface area contributed by atoms with Gasteiger partial charge in [0.25, 0.3) is 5.79 Å². The smallest absolute Gasteiger partial charge is 0.444 e. The van der Waals surface area contributed by atoms with Crippen molar-refractivity contribution in [1.29, 1.82) is 5.26 Å². The van der Waals surface area contributed by atoms with Gasteiger partial charge in [-0.2, -0.15) is 23.5 Å². The Labute approximate surface area is 272 Å². The number of aromatic amines is 1. The number of β-amino-alcohol motifs (C(OH)–C–C–N with tert-alkyl or cyclic N) is 1. The predicted molar refractivity (Wildman–Crippen MR) is 161 cm³/mol. The van der Waals surface area contributed by atoms with Crippen molar-refractivity contribution in [3.05, 3.63) is 87.7 Å². The number of aliphatic hydroxyl groups is 1. The van der Waals surface area contributed by atoms with Gasteiger partial charge in [-0.3, -0.25) is 15.0 Å². The van der Waals surface area contributed by atoms with Gasteiger partial charge in [0.1, 0.15) is 5.82 Å². The third-order valence-corrected chi connectivity index (χ3v) is 9.40. The van der Waals surface area contributed by atoms with Crippen LogP contribution in [0.15, 0.2) is 48.7 Å². The number of hydrogen-bond acceptors (Lipinski definition) is 8. The number of halogens is 5. The molecule has 1 saturated heterocycles. The Kier molecular flexibility index (Phi) is 7.65. The third kappa shape index (κ3) is 6.01. The Balaban J connectivity index is 1.09. The number of aromatic nitrogens is 4. The zero-order valence-electron chi connectivity index (χ0n) is 25.1. The summed E-state index contributed by atoms with van der Waals surface area (Å²) in [5.74, 6) is -2.71. The van der Waals surface area contributed by atoms with Crippen molar-refractivity contribution in [2.75, 3.05) is 13.1 Å². The number of aliphatic hydroxyl groups excluding tert-OH is 1. The number of pyridine rings is 1. The first-order valence-corrected chi connectivity index (χ1v) is 15.5. The van der Waals surface area contributed by atoms with Crippen LogP contribution < -0.4 is 9.47 Å². The van der Waals surface area contributed by atoms with E-state index in [2.05, 4.69) is 26.0 Å². The minimum atomic E-state index is -4.67. The molecule has 0 spiro atoms. The summed E-state index contributed by atoms with van der Waals surface area (Å²) in [5, 5.41) is 27.1. The van der Waals surface area contributed by atoms with Gasteiger partial charge in [0.2, 0.25) is 5.82 Å². The summed E-state index contributed by atoms with van der Waals surface area (Å²) < 4.78 is 66.6. The lowest BCUT2D eigenvalue weighted by molar-refractivity contribution is -0.144. The molecule has 9 nitrogen and oxygen atoms in total. The van der Waals surface area contributed by atoms with Crippen LogP contribution in [0.3, 0.4) is 0 Å². The van der Waals surface area contributed by atoms with Crippen molar-refractivity contribution in [1.82, 2.24) is 25.1 Å². The average molecular weight is 669 g/mol. The number of nitrogens with one attached hydrogen (secondary N) is 1. The van der Waals surface area contributed by atoms with Crippen LogP contribution in [0, 0.1) is 22.6 Å². The molecule has 2 aromatic heterocycles. The molecule has 4 aromatic rings. The lowest BCUT2D eigenvalue weighted by Crippen LogP contribution is -2.42. The van der Waals surface area contributed by atoms with E-state index in [1.54, 1.807) is 25.1 Å². The molecular formula is C33H29ClF4N6O3. The monoisotopic (exact) mass is 668 g/mol. The van der Waals surface area contributed by atoms with Gasteiger partial charge in [-0.25, -0.2) is 9.37 Å². The van der Waals surface area contributed by atoms with Crippen molar-refractivity contribution in [2.24, 2.45) is 5.41 Å². The molecule has 0 radical (unpaired) electrons. The van der Waals surface area contributed by atoms with E-state index in [0.717, 1.165) is 24.0 Å². The zero-order chi connectivity index (χ0) is 33.1. The summed E-state index contributed by atoms with van der Waals surface area (Å²) in [6.07, 6.45) is -1.60. The van der Waals surface area contributed by atoms with Crippen LogP contribution in [0.1, 0.15) is 60.3 Å². The van der Waals surface area contributed by atoms with E-state index >= 15 is 0 Å². The fourth-order valence-electron chi connectivity index (χ4n) is 6.44. The van der Waals surface area contributed by atoms with Crippen LogP contribution in [0.5, 0.6) is 11.5 Å².